The third kappa shape index (κ3) is 4.25. The predicted molar refractivity (Wildman–Crippen MR) is 128 cm³/mol. The molecule has 0 saturated heterocycles. The molecule has 2 heterocycles. The lowest BCUT2D eigenvalue weighted by molar-refractivity contribution is -0.116. The first kappa shape index (κ1) is 22.3. The molecule has 0 saturated carbocycles. The lowest BCUT2D eigenvalue weighted by Crippen LogP contribution is -2.42. The van der Waals surface area contributed by atoms with Gasteiger partial charge in [0, 0.05) is 16.4 Å². The van der Waals surface area contributed by atoms with E-state index < -0.39 is 23.7 Å². The molecule has 9 heteroatoms. The molecule has 2 aromatic carbocycles. The Morgan fingerprint density at radius 2 is 1.79 bits per heavy atom. The molecule has 0 atom stereocenters. The number of halogens is 1. The van der Waals surface area contributed by atoms with Crippen LogP contribution in [0.2, 0.25) is 5.02 Å². The number of anilines is 1. The van der Waals surface area contributed by atoms with Gasteiger partial charge in [0.2, 0.25) is 5.91 Å². The number of nitrogens with zero attached hydrogens (tertiary/aromatic N) is 3. The van der Waals surface area contributed by atoms with E-state index in [2.05, 4.69) is 10.3 Å². The Morgan fingerprint density at radius 1 is 1.09 bits per heavy atom. The van der Waals surface area contributed by atoms with E-state index in [0.29, 0.717) is 33.4 Å². The van der Waals surface area contributed by atoms with Crippen molar-refractivity contribution >= 4 is 34.2 Å². The first-order valence-electron chi connectivity index (χ1n) is 10.1. The van der Waals surface area contributed by atoms with E-state index >= 15 is 0 Å². The smallest absolute Gasteiger partial charge is 0.337 e. The Kier molecular flexibility index (Phi) is 6.02. The number of benzene rings is 2. The van der Waals surface area contributed by atoms with Crippen molar-refractivity contribution in [2.45, 2.75) is 20.4 Å². The number of nitrogens with one attached hydrogen (secondary N) is 1. The van der Waals surface area contributed by atoms with Gasteiger partial charge < -0.3 is 10.1 Å². The highest BCUT2D eigenvalue weighted by Gasteiger charge is 2.21. The Hall–Kier alpha value is -3.91. The number of rotatable bonds is 5. The van der Waals surface area contributed by atoms with Crippen LogP contribution in [0.15, 0.2) is 64.2 Å². The summed E-state index contributed by atoms with van der Waals surface area (Å²) >= 11 is 5.88. The number of aryl methyl sites for hydroxylation is 2. The second-order valence-corrected chi connectivity index (χ2v) is 7.95. The molecular weight excluding hydrogens is 444 g/mol. The third-order valence-corrected chi connectivity index (χ3v) is 5.43. The van der Waals surface area contributed by atoms with Crippen molar-refractivity contribution in [3.63, 3.8) is 0 Å². The number of hydrogen-bond donors (Lipinski definition) is 1. The first-order valence-corrected chi connectivity index (χ1v) is 10.5. The Morgan fingerprint density at radius 3 is 2.48 bits per heavy atom. The molecule has 1 N–H and O–H groups in total. The van der Waals surface area contributed by atoms with Crippen LogP contribution >= 0.6 is 11.6 Å². The lowest BCUT2D eigenvalue weighted by atomic mass is 10.1. The summed E-state index contributed by atoms with van der Waals surface area (Å²) in [6, 6.07) is 15.2. The van der Waals surface area contributed by atoms with Crippen LogP contribution < -0.4 is 21.3 Å². The van der Waals surface area contributed by atoms with Gasteiger partial charge in [-0.2, -0.15) is 0 Å². The van der Waals surface area contributed by atoms with Gasteiger partial charge in [-0.25, -0.2) is 18.9 Å². The summed E-state index contributed by atoms with van der Waals surface area (Å²) < 4.78 is 7.66. The average molecular weight is 465 g/mol. The van der Waals surface area contributed by atoms with Crippen molar-refractivity contribution in [3.8, 4) is 11.4 Å². The van der Waals surface area contributed by atoms with E-state index in [9.17, 15) is 14.4 Å². The second kappa shape index (κ2) is 8.91. The summed E-state index contributed by atoms with van der Waals surface area (Å²) in [7, 11) is 1.49. The van der Waals surface area contributed by atoms with Gasteiger partial charge in [-0.1, -0.05) is 23.7 Å². The van der Waals surface area contributed by atoms with E-state index in [1.807, 2.05) is 0 Å². The maximum atomic E-state index is 13.6. The molecule has 4 aromatic rings. The van der Waals surface area contributed by atoms with Crippen LogP contribution in [0.3, 0.4) is 0 Å². The molecule has 0 bridgehead atoms. The summed E-state index contributed by atoms with van der Waals surface area (Å²) in [5.41, 5.74) is 1.15. The number of carbonyl (C=O) groups excluding carboxylic acids is 1. The number of methoxy groups -OCH3 is 1. The number of ether oxygens (including phenoxy) is 1. The maximum Gasteiger partial charge on any atom is 0.337 e. The summed E-state index contributed by atoms with van der Waals surface area (Å²) in [4.78, 5) is 44.1. The Balaban J connectivity index is 1.92. The highest BCUT2D eigenvalue weighted by atomic mass is 35.5. The number of pyridine rings is 1. The summed E-state index contributed by atoms with van der Waals surface area (Å²) in [5.74, 6) is -0.0992. The third-order valence-electron chi connectivity index (χ3n) is 5.17. The van der Waals surface area contributed by atoms with E-state index in [1.54, 1.807) is 68.4 Å². The van der Waals surface area contributed by atoms with Gasteiger partial charge in [0.15, 0.2) is 5.65 Å². The van der Waals surface area contributed by atoms with E-state index in [-0.39, 0.29) is 11.0 Å². The standard InChI is InChI=1S/C24H21ClN4O4/c1-14-12-15(2)26-22-21(14)23(31)28(13-20(30)27-17-10-8-16(25)9-11-17)24(32)29(22)18-6-4-5-7-19(18)33-3/h4-12H,13H2,1-3H3,(H,27,30). The number of amides is 1. The van der Waals surface area contributed by atoms with Crippen LogP contribution in [-0.4, -0.2) is 27.1 Å². The molecule has 0 unspecified atom stereocenters. The Labute approximate surface area is 194 Å². The fourth-order valence-electron chi connectivity index (χ4n) is 3.72. The quantitative estimate of drug-likeness (QED) is 0.488. The predicted octanol–water partition coefficient (Wildman–Crippen LogP) is 3.46. The van der Waals surface area contributed by atoms with Crippen molar-refractivity contribution in [2.75, 3.05) is 12.4 Å². The van der Waals surface area contributed by atoms with Gasteiger partial charge in [0.25, 0.3) is 5.56 Å². The Bertz CT molecular complexity index is 1490. The molecule has 0 aliphatic carbocycles. The van der Waals surface area contributed by atoms with Gasteiger partial charge in [0.1, 0.15) is 12.3 Å². The van der Waals surface area contributed by atoms with E-state index in [4.69, 9.17) is 16.3 Å². The topological polar surface area (TPSA) is 95.2 Å². The van der Waals surface area contributed by atoms with Crippen molar-refractivity contribution < 1.29 is 9.53 Å². The van der Waals surface area contributed by atoms with Gasteiger partial charge in [-0.05, 0) is 61.9 Å². The van der Waals surface area contributed by atoms with Crippen molar-refractivity contribution in [3.05, 3.63) is 91.7 Å². The second-order valence-electron chi connectivity index (χ2n) is 7.52. The molecule has 33 heavy (non-hydrogen) atoms. The summed E-state index contributed by atoms with van der Waals surface area (Å²) in [5, 5.41) is 3.46. The minimum absolute atomic E-state index is 0.210. The highest BCUT2D eigenvalue weighted by Crippen LogP contribution is 2.24. The van der Waals surface area contributed by atoms with Crippen molar-refractivity contribution in [1.29, 1.82) is 0 Å². The maximum absolute atomic E-state index is 13.6. The number of aromatic nitrogens is 3. The van der Waals surface area contributed by atoms with Crippen LogP contribution in [-0.2, 0) is 11.3 Å². The zero-order valence-electron chi connectivity index (χ0n) is 18.3. The molecule has 2 aromatic heterocycles. The van der Waals surface area contributed by atoms with Crippen LogP contribution in [0.1, 0.15) is 11.3 Å². The van der Waals surface area contributed by atoms with Crippen LogP contribution in [0.25, 0.3) is 16.7 Å². The van der Waals surface area contributed by atoms with Crippen LogP contribution in [0.5, 0.6) is 5.75 Å². The first-order chi connectivity index (χ1) is 15.8. The fraction of sp³-hybridized carbons (Fsp3) is 0.167. The normalized spacial score (nSPS) is 10.9. The van der Waals surface area contributed by atoms with E-state index in [1.165, 1.54) is 11.7 Å². The molecule has 168 valence electrons. The van der Waals surface area contributed by atoms with Gasteiger partial charge in [-0.3, -0.25) is 9.59 Å². The number of hydrogen-bond acceptors (Lipinski definition) is 5. The van der Waals surface area contributed by atoms with Crippen molar-refractivity contribution in [1.82, 2.24) is 14.1 Å². The monoisotopic (exact) mass is 464 g/mol. The SMILES string of the molecule is COc1ccccc1-n1c(=O)n(CC(=O)Nc2ccc(Cl)cc2)c(=O)c2c(C)cc(C)nc21. The summed E-state index contributed by atoms with van der Waals surface area (Å²) in [6.07, 6.45) is 0. The van der Waals surface area contributed by atoms with Gasteiger partial charge in [0.05, 0.1) is 18.2 Å². The number of carbonyl (C=O) groups is 1. The molecule has 0 radical (unpaired) electrons. The van der Waals surface area contributed by atoms with Gasteiger partial charge in [-0.15, -0.1) is 0 Å². The molecule has 4 rings (SSSR count). The minimum atomic E-state index is -0.694. The molecule has 0 spiro atoms. The summed E-state index contributed by atoms with van der Waals surface area (Å²) in [6.45, 7) is 3.08. The fourth-order valence-corrected chi connectivity index (χ4v) is 3.85. The van der Waals surface area contributed by atoms with Crippen molar-refractivity contribution in [2.24, 2.45) is 0 Å². The molecule has 1 amide bonds. The molecular formula is C24H21ClN4O4. The van der Waals surface area contributed by atoms with Crippen LogP contribution in [0.4, 0.5) is 5.69 Å². The number of para-hydroxylation sites is 2. The van der Waals surface area contributed by atoms with Crippen LogP contribution in [0, 0.1) is 13.8 Å². The van der Waals surface area contributed by atoms with Gasteiger partial charge >= 0.3 is 5.69 Å². The molecule has 8 nitrogen and oxygen atoms in total. The lowest BCUT2D eigenvalue weighted by Gasteiger charge is -2.17. The zero-order valence-corrected chi connectivity index (χ0v) is 19.0. The highest BCUT2D eigenvalue weighted by molar-refractivity contribution is 6.30. The number of fused-ring (bicyclic) bond motifs is 1. The molecule has 0 aliphatic rings. The molecule has 0 aliphatic heterocycles. The largest absolute Gasteiger partial charge is 0.495 e. The zero-order chi connectivity index (χ0) is 23.7. The average Bonchev–Trinajstić information content (AvgIpc) is 2.78. The van der Waals surface area contributed by atoms with E-state index in [0.717, 1.165) is 4.57 Å². The minimum Gasteiger partial charge on any atom is -0.495 e. The molecule has 0 fully saturated rings.